The van der Waals surface area contributed by atoms with Crippen LogP contribution >= 0.6 is 0 Å². The summed E-state index contributed by atoms with van der Waals surface area (Å²) in [5, 5.41) is 12.1. The van der Waals surface area contributed by atoms with Crippen LogP contribution in [-0.2, 0) is 9.53 Å². The molecule has 2 fully saturated rings. The molecule has 21 heavy (non-hydrogen) atoms. The maximum Gasteiger partial charge on any atom is 0.317 e. The van der Waals surface area contributed by atoms with Crippen molar-refractivity contribution >= 4 is 12.0 Å². The summed E-state index contributed by atoms with van der Waals surface area (Å²) in [6.45, 7) is 3.20. The van der Waals surface area contributed by atoms with Crippen molar-refractivity contribution in [1.29, 1.82) is 0 Å². The van der Waals surface area contributed by atoms with Gasteiger partial charge in [0.2, 0.25) is 0 Å². The zero-order chi connectivity index (χ0) is 15.4. The van der Waals surface area contributed by atoms with Gasteiger partial charge in [-0.25, -0.2) is 4.79 Å². The van der Waals surface area contributed by atoms with Crippen LogP contribution in [0.15, 0.2) is 0 Å². The normalized spacial score (nSPS) is 30.1. The minimum Gasteiger partial charge on any atom is -0.481 e. The smallest absolute Gasteiger partial charge is 0.317 e. The average molecular weight is 299 g/mol. The zero-order valence-electron chi connectivity index (χ0n) is 12.7. The third kappa shape index (κ3) is 4.07. The van der Waals surface area contributed by atoms with Crippen LogP contribution in [0.3, 0.4) is 0 Å². The van der Waals surface area contributed by atoms with Crippen molar-refractivity contribution in [3.63, 3.8) is 0 Å². The number of carbonyl (C=O) groups excluding carboxylic acids is 1. The topological polar surface area (TPSA) is 82.1 Å². The summed E-state index contributed by atoms with van der Waals surface area (Å²) in [5.41, 5.74) is 0. The Morgan fingerprint density at radius 2 is 2.19 bits per heavy atom. The van der Waals surface area contributed by atoms with Crippen molar-refractivity contribution in [2.45, 2.75) is 18.9 Å². The lowest BCUT2D eigenvalue weighted by molar-refractivity contribution is -0.142. The van der Waals surface area contributed by atoms with Crippen molar-refractivity contribution in [3.05, 3.63) is 0 Å². The second kappa shape index (κ2) is 7.09. The number of carboxylic acids is 1. The van der Waals surface area contributed by atoms with Crippen molar-refractivity contribution < 1.29 is 19.4 Å². The van der Waals surface area contributed by atoms with Crippen LogP contribution in [-0.4, -0.2) is 79.9 Å². The average Bonchev–Trinajstić information content (AvgIpc) is 2.93. The van der Waals surface area contributed by atoms with Gasteiger partial charge in [-0.1, -0.05) is 0 Å². The summed E-state index contributed by atoms with van der Waals surface area (Å²) in [7, 11) is 3.73. The maximum absolute atomic E-state index is 12.2. The third-order valence-corrected chi connectivity index (χ3v) is 4.45. The fourth-order valence-corrected chi connectivity index (χ4v) is 3.11. The first-order valence-electron chi connectivity index (χ1n) is 7.48. The number of carboxylic acid groups (broad SMARTS) is 1. The van der Waals surface area contributed by atoms with Crippen LogP contribution in [0.25, 0.3) is 0 Å². The second-order valence-electron chi connectivity index (χ2n) is 6.12. The first kappa shape index (κ1) is 16.0. The Hall–Kier alpha value is -1.34. The fourth-order valence-electron chi connectivity index (χ4n) is 3.11. The molecule has 2 amide bonds. The van der Waals surface area contributed by atoms with E-state index in [2.05, 4.69) is 17.3 Å². The van der Waals surface area contributed by atoms with Crippen LogP contribution in [0.1, 0.15) is 12.8 Å². The van der Waals surface area contributed by atoms with Gasteiger partial charge in [-0.2, -0.15) is 0 Å². The summed E-state index contributed by atoms with van der Waals surface area (Å²) < 4.78 is 5.20. The largest absolute Gasteiger partial charge is 0.481 e. The van der Waals surface area contributed by atoms with E-state index >= 15 is 0 Å². The van der Waals surface area contributed by atoms with E-state index in [4.69, 9.17) is 9.84 Å². The number of ether oxygens (including phenoxy) is 1. The van der Waals surface area contributed by atoms with E-state index in [0.717, 1.165) is 25.9 Å². The number of likely N-dealkylation sites (tertiary alicyclic amines) is 1. The number of nitrogens with zero attached hydrogens (tertiary/aromatic N) is 2. The van der Waals surface area contributed by atoms with Gasteiger partial charge in [0.1, 0.15) is 5.92 Å². The molecular weight excluding hydrogens is 274 g/mol. The van der Waals surface area contributed by atoms with E-state index in [1.807, 2.05) is 0 Å². The zero-order valence-corrected chi connectivity index (χ0v) is 12.7. The fraction of sp³-hybridized carbons (Fsp3) is 0.857. The molecular formula is C14H25N3O4. The molecule has 2 saturated heterocycles. The molecule has 0 spiro atoms. The van der Waals surface area contributed by atoms with Crippen LogP contribution in [0.5, 0.6) is 0 Å². The lowest BCUT2D eigenvalue weighted by Crippen LogP contribution is -2.50. The molecule has 120 valence electrons. The molecule has 0 aromatic carbocycles. The van der Waals surface area contributed by atoms with Crippen molar-refractivity contribution in [2.75, 3.05) is 46.9 Å². The maximum atomic E-state index is 12.2. The second-order valence-corrected chi connectivity index (χ2v) is 6.12. The Morgan fingerprint density at radius 3 is 2.86 bits per heavy atom. The highest BCUT2D eigenvalue weighted by atomic mass is 16.5. The molecule has 3 unspecified atom stereocenters. The molecule has 7 heteroatoms. The van der Waals surface area contributed by atoms with Crippen LogP contribution < -0.4 is 5.32 Å². The minimum atomic E-state index is -0.911. The molecule has 0 saturated carbocycles. The molecule has 0 aromatic heterocycles. The molecule has 0 aliphatic carbocycles. The number of aliphatic carboxylic acids is 1. The SMILES string of the molecule is CN1CCCC(CNC(=O)N(C)C2COCC2C(=O)O)C1. The van der Waals surface area contributed by atoms with Gasteiger partial charge in [-0.3, -0.25) is 4.79 Å². The van der Waals surface area contributed by atoms with Crippen LogP contribution in [0.2, 0.25) is 0 Å². The van der Waals surface area contributed by atoms with E-state index in [0.29, 0.717) is 12.5 Å². The van der Waals surface area contributed by atoms with Gasteiger partial charge < -0.3 is 25.0 Å². The van der Waals surface area contributed by atoms with Gasteiger partial charge in [-0.05, 0) is 32.4 Å². The molecule has 2 rings (SSSR count). The number of nitrogens with one attached hydrogen (secondary N) is 1. The summed E-state index contributed by atoms with van der Waals surface area (Å²) >= 11 is 0. The number of hydrogen-bond acceptors (Lipinski definition) is 4. The highest BCUT2D eigenvalue weighted by Crippen LogP contribution is 2.19. The highest BCUT2D eigenvalue weighted by molar-refractivity contribution is 5.77. The molecule has 0 radical (unpaired) electrons. The molecule has 7 nitrogen and oxygen atoms in total. The number of amides is 2. The monoisotopic (exact) mass is 299 g/mol. The first-order valence-corrected chi connectivity index (χ1v) is 7.48. The van der Waals surface area contributed by atoms with Crippen LogP contribution in [0, 0.1) is 11.8 Å². The van der Waals surface area contributed by atoms with E-state index in [9.17, 15) is 9.59 Å². The van der Waals surface area contributed by atoms with Gasteiger partial charge in [-0.15, -0.1) is 0 Å². The van der Waals surface area contributed by atoms with Crippen molar-refractivity contribution in [3.8, 4) is 0 Å². The first-order chi connectivity index (χ1) is 9.99. The lowest BCUT2D eigenvalue weighted by atomic mass is 9.98. The van der Waals surface area contributed by atoms with E-state index < -0.39 is 17.9 Å². The lowest BCUT2D eigenvalue weighted by Gasteiger charge is -2.31. The number of urea groups is 1. The highest BCUT2D eigenvalue weighted by Gasteiger charge is 2.38. The van der Waals surface area contributed by atoms with E-state index in [1.165, 1.54) is 4.90 Å². The summed E-state index contributed by atoms with van der Waals surface area (Å²) in [6, 6.07) is -0.610. The Morgan fingerprint density at radius 1 is 1.43 bits per heavy atom. The van der Waals surface area contributed by atoms with Gasteiger partial charge in [0.05, 0.1) is 19.3 Å². The number of likely N-dealkylation sites (N-methyl/N-ethyl adjacent to an activating group) is 1. The molecule has 2 N–H and O–H groups in total. The number of carbonyl (C=O) groups is 2. The van der Waals surface area contributed by atoms with Crippen molar-refractivity contribution in [1.82, 2.24) is 15.1 Å². The summed E-state index contributed by atoms with van der Waals surface area (Å²) in [6.07, 6.45) is 2.28. The van der Waals surface area contributed by atoms with Gasteiger partial charge >= 0.3 is 12.0 Å². The Bertz CT molecular complexity index is 390. The van der Waals surface area contributed by atoms with Gasteiger partial charge in [0, 0.05) is 20.1 Å². The molecule has 2 heterocycles. The minimum absolute atomic E-state index is 0.172. The predicted molar refractivity (Wildman–Crippen MR) is 77.1 cm³/mol. The molecule has 2 aliphatic heterocycles. The number of hydrogen-bond donors (Lipinski definition) is 2. The molecule has 2 aliphatic rings. The number of piperidine rings is 1. The Balaban J connectivity index is 1.80. The molecule has 0 aromatic rings. The van der Waals surface area contributed by atoms with Crippen molar-refractivity contribution in [2.24, 2.45) is 11.8 Å². The Kier molecular flexibility index (Phi) is 5.41. The molecule has 0 bridgehead atoms. The van der Waals surface area contributed by atoms with E-state index in [-0.39, 0.29) is 19.2 Å². The standard InChI is InChI=1S/C14H25N3O4/c1-16-5-3-4-10(7-16)6-15-14(20)17(2)12-9-21-8-11(12)13(18)19/h10-12H,3-9H2,1-2H3,(H,15,20)(H,18,19). The summed E-state index contributed by atoms with van der Waals surface area (Å²) in [5.74, 6) is -1.08. The third-order valence-electron chi connectivity index (χ3n) is 4.45. The van der Waals surface area contributed by atoms with Crippen LogP contribution in [0.4, 0.5) is 4.79 Å². The van der Waals surface area contributed by atoms with Gasteiger partial charge in [0.15, 0.2) is 0 Å². The number of rotatable bonds is 4. The quantitative estimate of drug-likeness (QED) is 0.767. The predicted octanol–water partition coefficient (Wildman–Crippen LogP) is 0.0692. The summed E-state index contributed by atoms with van der Waals surface area (Å²) in [4.78, 5) is 27.1. The van der Waals surface area contributed by atoms with Gasteiger partial charge in [0.25, 0.3) is 0 Å². The molecule has 3 atom stereocenters. The van der Waals surface area contributed by atoms with E-state index in [1.54, 1.807) is 7.05 Å². The Labute approximate surface area is 125 Å².